The van der Waals surface area contributed by atoms with Crippen LogP contribution in [0.15, 0.2) is 0 Å². The molecule has 0 bridgehead atoms. The molecule has 1 aliphatic rings. The molecule has 1 rings (SSSR count). The smallest absolute Gasteiger partial charge is 0.135 e. The first-order chi connectivity index (χ1) is 6.45. The van der Waals surface area contributed by atoms with Crippen molar-refractivity contribution in [2.24, 2.45) is 5.92 Å². The highest BCUT2D eigenvalue weighted by atomic mass is 15.5. The Hall–Kier alpha value is -0.0800. The van der Waals surface area contributed by atoms with E-state index in [0.717, 1.165) is 12.0 Å². The fraction of sp³-hybridized carbons (Fsp3) is 1.00. The van der Waals surface area contributed by atoms with Crippen molar-refractivity contribution in [1.82, 2.24) is 4.90 Å². The predicted molar refractivity (Wildman–Crippen MR) is 62.1 cm³/mol. The molecule has 0 N–H and O–H groups in total. The van der Waals surface area contributed by atoms with Crippen molar-refractivity contribution in [2.45, 2.75) is 39.7 Å². The number of hydrogen-bond donors (Lipinski definition) is 0. The molecule has 1 aliphatic heterocycles. The Morgan fingerprint density at radius 2 is 2.00 bits per heavy atom. The molecule has 1 fully saturated rings. The van der Waals surface area contributed by atoms with Crippen molar-refractivity contribution in [1.29, 1.82) is 0 Å². The molecule has 1 unspecified atom stereocenters. The van der Waals surface area contributed by atoms with Crippen LogP contribution in [0, 0.1) is 5.92 Å². The summed E-state index contributed by atoms with van der Waals surface area (Å²) < 4.78 is 1.20. The van der Waals surface area contributed by atoms with E-state index in [0.29, 0.717) is 0 Å². The van der Waals surface area contributed by atoms with E-state index in [2.05, 4.69) is 39.8 Å². The summed E-state index contributed by atoms with van der Waals surface area (Å²) in [6, 6.07) is 0.860. The maximum absolute atomic E-state index is 2.63. The van der Waals surface area contributed by atoms with Crippen LogP contribution in [0.3, 0.4) is 0 Å². The van der Waals surface area contributed by atoms with Crippen molar-refractivity contribution >= 4 is 0 Å². The lowest BCUT2D eigenvalue weighted by Crippen LogP contribution is -2.45. The minimum absolute atomic E-state index is 0.801. The van der Waals surface area contributed by atoms with E-state index in [-0.39, 0.29) is 0 Å². The summed E-state index contributed by atoms with van der Waals surface area (Å²) >= 11 is 0. The molecular weight excluding hydrogens is 172 g/mol. The van der Waals surface area contributed by atoms with Gasteiger partial charge in [0.1, 0.15) is 12.7 Å². The van der Waals surface area contributed by atoms with Gasteiger partial charge in [-0.3, -0.25) is 4.90 Å². The van der Waals surface area contributed by atoms with Gasteiger partial charge in [-0.2, -0.15) is 0 Å². The third kappa shape index (κ3) is 2.96. The Kier molecular flexibility index (Phi) is 3.96. The van der Waals surface area contributed by atoms with Crippen LogP contribution in [0.4, 0.5) is 0 Å². The van der Waals surface area contributed by atoms with Crippen LogP contribution < -0.4 is 0 Å². The summed E-state index contributed by atoms with van der Waals surface area (Å²) in [4.78, 5) is 2.63. The number of nitrogens with zero attached hydrogens (tertiary/aromatic N) is 2. The summed E-state index contributed by atoms with van der Waals surface area (Å²) in [5.41, 5.74) is 0. The fourth-order valence-corrected chi connectivity index (χ4v) is 2.63. The van der Waals surface area contributed by atoms with Gasteiger partial charge in [-0.1, -0.05) is 27.2 Å². The number of quaternary nitrogens is 1. The Bertz CT molecular complexity index is 175. The van der Waals surface area contributed by atoms with E-state index in [4.69, 9.17) is 0 Å². The molecule has 1 saturated heterocycles. The maximum Gasteiger partial charge on any atom is 0.135 e. The van der Waals surface area contributed by atoms with Crippen molar-refractivity contribution in [3.8, 4) is 0 Å². The van der Waals surface area contributed by atoms with E-state index in [9.17, 15) is 0 Å². The normalized spacial score (nSPS) is 27.4. The monoisotopic (exact) mass is 199 g/mol. The second kappa shape index (κ2) is 4.63. The number of likely N-dealkylation sites (N-methyl/N-ethyl adjacent to an activating group) is 1. The van der Waals surface area contributed by atoms with E-state index < -0.39 is 0 Å². The first kappa shape index (κ1) is 12.0. The van der Waals surface area contributed by atoms with Gasteiger partial charge in [0, 0.05) is 13.0 Å². The summed E-state index contributed by atoms with van der Waals surface area (Å²) in [5, 5.41) is 0. The van der Waals surface area contributed by atoms with Gasteiger partial charge in [0.15, 0.2) is 0 Å². The average molecular weight is 199 g/mol. The lowest BCUT2D eigenvalue weighted by atomic mass is 10.1. The molecule has 1 heterocycles. The molecule has 0 aromatic rings. The summed E-state index contributed by atoms with van der Waals surface area (Å²) in [5.74, 6) is 0.801. The minimum atomic E-state index is 0.801. The van der Waals surface area contributed by atoms with Crippen LogP contribution in [0.1, 0.15) is 33.6 Å². The van der Waals surface area contributed by atoms with Gasteiger partial charge in [0.25, 0.3) is 0 Å². The Labute approximate surface area is 89.5 Å². The second-order valence-electron chi connectivity index (χ2n) is 5.79. The first-order valence-electron chi connectivity index (χ1n) is 6.00. The molecule has 0 spiro atoms. The zero-order chi connectivity index (χ0) is 10.8. The molecule has 0 radical (unpaired) electrons. The lowest BCUT2D eigenvalue weighted by Gasteiger charge is -2.30. The molecule has 0 aromatic carbocycles. The molecule has 0 saturated carbocycles. The minimum Gasteiger partial charge on any atom is -0.312 e. The number of rotatable bonds is 4. The summed E-state index contributed by atoms with van der Waals surface area (Å²) in [7, 11) is 4.75. The Morgan fingerprint density at radius 1 is 1.36 bits per heavy atom. The highest BCUT2D eigenvalue weighted by Crippen LogP contribution is 2.22. The van der Waals surface area contributed by atoms with Crippen LogP contribution >= 0.6 is 0 Å². The fourth-order valence-electron chi connectivity index (χ4n) is 2.63. The van der Waals surface area contributed by atoms with Crippen molar-refractivity contribution in [3.05, 3.63) is 0 Å². The van der Waals surface area contributed by atoms with Crippen molar-refractivity contribution < 1.29 is 4.48 Å². The third-order valence-corrected chi connectivity index (χ3v) is 3.27. The van der Waals surface area contributed by atoms with E-state index >= 15 is 0 Å². The van der Waals surface area contributed by atoms with E-state index in [1.165, 1.54) is 37.1 Å². The highest BCUT2D eigenvalue weighted by Gasteiger charge is 2.38. The second-order valence-corrected chi connectivity index (χ2v) is 5.79. The standard InChI is InChI=1S/C12H27N2/c1-6-7-12-9-13(8-11(2)3)10-14(12,4)5/h11-12H,6-10H2,1-5H3/q+1. The van der Waals surface area contributed by atoms with Gasteiger partial charge >= 0.3 is 0 Å². The molecule has 84 valence electrons. The maximum atomic E-state index is 2.63. The summed E-state index contributed by atoms with van der Waals surface area (Å²) in [6.45, 7) is 10.7. The zero-order valence-electron chi connectivity index (χ0n) is 10.6. The quantitative estimate of drug-likeness (QED) is 0.627. The SMILES string of the molecule is CCCC1CN(CC(C)C)C[N+]1(C)C. The molecule has 2 heteroatoms. The van der Waals surface area contributed by atoms with Crippen LogP contribution in [0.2, 0.25) is 0 Å². The van der Waals surface area contributed by atoms with Crippen LogP contribution in [-0.2, 0) is 0 Å². The molecule has 1 atom stereocenters. The first-order valence-corrected chi connectivity index (χ1v) is 6.00. The van der Waals surface area contributed by atoms with Gasteiger partial charge in [-0.05, 0) is 5.92 Å². The molecule has 0 amide bonds. The molecule has 0 aromatic heterocycles. The molecular formula is C12H27N2+. The van der Waals surface area contributed by atoms with E-state index in [1.54, 1.807) is 0 Å². The van der Waals surface area contributed by atoms with Crippen molar-refractivity contribution in [2.75, 3.05) is 33.9 Å². The number of hydrogen-bond acceptors (Lipinski definition) is 1. The molecule has 2 nitrogen and oxygen atoms in total. The summed E-state index contributed by atoms with van der Waals surface area (Å²) in [6.07, 6.45) is 2.70. The highest BCUT2D eigenvalue weighted by molar-refractivity contribution is 4.71. The topological polar surface area (TPSA) is 3.24 Å². The third-order valence-electron chi connectivity index (χ3n) is 3.27. The largest absolute Gasteiger partial charge is 0.312 e. The Morgan fingerprint density at radius 3 is 2.50 bits per heavy atom. The van der Waals surface area contributed by atoms with E-state index in [1.807, 2.05) is 0 Å². The van der Waals surface area contributed by atoms with Gasteiger partial charge in [0.2, 0.25) is 0 Å². The molecule has 14 heavy (non-hydrogen) atoms. The molecule has 0 aliphatic carbocycles. The van der Waals surface area contributed by atoms with Gasteiger partial charge in [-0.25, -0.2) is 0 Å². The van der Waals surface area contributed by atoms with Crippen LogP contribution in [0.25, 0.3) is 0 Å². The lowest BCUT2D eigenvalue weighted by molar-refractivity contribution is -0.905. The average Bonchev–Trinajstić information content (AvgIpc) is 2.25. The van der Waals surface area contributed by atoms with Crippen LogP contribution in [-0.4, -0.2) is 49.3 Å². The Balaban J connectivity index is 2.48. The van der Waals surface area contributed by atoms with Gasteiger partial charge < -0.3 is 4.48 Å². The van der Waals surface area contributed by atoms with Crippen molar-refractivity contribution in [3.63, 3.8) is 0 Å². The van der Waals surface area contributed by atoms with Gasteiger partial charge in [-0.15, -0.1) is 0 Å². The zero-order valence-corrected chi connectivity index (χ0v) is 10.6. The predicted octanol–water partition coefficient (Wildman–Crippen LogP) is 2.16. The van der Waals surface area contributed by atoms with Gasteiger partial charge in [0.05, 0.1) is 20.6 Å². The van der Waals surface area contributed by atoms with Crippen LogP contribution in [0.5, 0.6) is 0 Å².